The molecule has 8 heteroatoms. The van der Waals surface area contributed by atoms with Gasteiger partial charge in [-0.25, -0.2) is 0 Å². The average Bonchev–Trinajstić information content (AvgIpc) is 2.77. The van der Waals surface area contributed by atoms with Gasteiger partial charge in [0.1, 0.15) is 0 Å². The van der Waals surface area contributed by atoms with Crippen molar-refractivity contribution in [2.75, 3.05) is 44.7 Å². The summed E-state index contributed by atoms with van der Waals surface area (Å²) in [5.74, 6) is -0.938. The van der Waals surface area contributed by atoms with Crippen molar-refractivity contribution < 1.29 is 14.4 Å². The quantitative estimate of drug-likeness (QED) is 0.301. The Labute approximate surface area is 188 Å². The van der Waals surface area contributed by atoms with E-state index in [1.807, 2.05) is 48.5 Å². The average molecular weight is 445 g/mol. The largest absolute Gasteiger partial charge is 0.381 e. The molecule has 1 aromatic carbocycles. The third-order valence-corrected chi connectivity index (χ3v) is 6.25. The van der Waals surface area contributed by atoms with E-state index >= 15 is 0 Å². The first-order chi connectivity index (χ1) is 14.9. The maximum atomic E-state index is 12.3. The highest BCUT2D eigenvalue weighted by atomic mass is 35.5. The lowest BCUT2D eigenvalue weighted by Gasteiger charge is -2.38. The Bertz CT molecular complexity index is 891. The lowest BCUT2D eigenvalue weighted by molar-refractivity contribution is -0.134. The summed E-state index contributed by atoms with van der Waals surface area (Å²) in [5, 5.41) is 2.96. The van der Waals surface area contributed by atoms with E-state index in [-0.39, 0.29) is 11.8 Å². The molecule has 7 nitrogen and oxygen atoms in total. The Morgan fingerprint density at radius 1 is 1.26 bits per heavy atom. The van der Waals surface area contributed by atoms with Crippen molar-refractivity contribution in [1.82, 2.24) is 15.1 Å². The van der Waals surface area contributed by atoms with Crippen molar-refractivity contribution in [1.29, 1.82) is 0 Å². The summed E-state index contributed by atoms with van der Waals surface area (Å²) in [7, 11) is 1.98. The lowest BCUT2D eigenvalue weighted by Crippen LogP contribution is -2.46. The molecular weight excluding hydrogens is 416 g/mol. The zero-order valence-corrected chi connectivity index (χ0v) is 18.8. The van der Waals surface area contributed by atoms with E-state index in [1.54, 1.807) is 0 Å². The number of nitrogens with one attached hydrogen (secondary N) is 1. The summed E-state index contributed by atoms with van der Waals surface area (Å²) in [4.78, 5) is 41.6. The number of rotatable bonds is 7. The highest BCUT2D eigenvalue weighted by molar-refractivity contribution is 6.34. The topological polar surface area (TPSA) is 73.0 Å². The van der Waals surface area contributed by atoms with Crippen LogP contribution in [0.5, 0.6) is 0 Å². The minimum absolute atomic E-state index is 0.236. The van der Waals surface area contributed by atoms with Gasteiger partial charge in [-0.05, 0) is 43.3 Å². The number of piperidine rings is 1. The van der Waals surface area contributed by atoms with Crippen LogP contribution in [-0.4, -0.2) is 67.7 Å². The molecule has 166 valence electrons. The first-order valence-corrected chi connectivity index (χ1v) is 11.0. The van der Waals surface area contributed by atoms with Crippen LogP contribution in [0, 0.1) is 0 Å². The van der Waals surface area contributed by atoms with Crippen LogP contribution in [0.1, 0.15) is 31.2 Å². The predicted molar refractivity (Wildman–Crippen MR) is 122 cm³/mol. The molecule has 2 saturated heterocycles. The zero-order valence-electron chi connectivity index (χ0n) is 18.0. The molecule has 31 heavy (non-hydrogen) atoms. The highest BCUT2D eigenvalue weighted by Gasteiger charge is 2.31. The number of benzene rings is 1. The number of hydrogen-bond donors (Lipinski definition) is 1. The number of piperazine rings is 1. The summed E-state index contributed by atoms with van der Waals surface area (Å²) < 4.78 is 0. The van der Waals surface area contributed by atoms with Crippen LogP contribution in [0.2, 0.25) is 5.02 Å². The molecule has 0 bridgehead atoms. The van der Waals surface area contributed by atoms with Gasteiger partial charge in [0.05, 0.1) is 22.3 Å². The maximum absolute atomic E-state index is 12.3. The van der Waals surface area contributed by atoms with Crippen LogP contribution >= 0.6 is 11.6 Å². The molecule has 2 heterocycles. The van der Waals surface area contributed by atoms with Gasteiger partial charge in [0.15, 0.2) is 6.29 Å². The van der Waals surface area contributed by atoms with Gasteiger partial charge < -0.3 is 14.7 Å². The van der Waals surface area contributed by atoms with E-state index < -0.39 is 5.92 Å². The summed E-state index contributed by atoms with van der Waals surface area (Å²) in [6.45, 7) is 5.78. The van der Waals surface area contributed by atoms with E-state index in [0.717, 1.165) is 24.1 Å². The van der Waals surface area contributed by atoms with E-state index in [4.69, 9.17) is 11.6 Å². The second-order valence-corrected chi connectivity index (χ2v) is 8.16. The standard InChI is InChI=1S/C23H29ClN4O3/c1-3-26(2)11-5-6-17(16-29)27-12-14-28(15-13-27)20-8-4-7-18(22(20)24)19-9-10-21(30)25-23(19)31/h4-8,11,16,19H,3,9-10,12-15H2,1-2H3,(H,25,30,31)/b11-5-,17-6+. The summed E-state index contributed by atoms with van der Waals surface area (Å²) in [5.41, 5.74) is 2.29. The van der Waals surface area contributed by atoms with Crippen molar-refractivity contribution in [3.05, 3.63) is 52.8 Å². The van der Waals surface area contributed by atoms with Gasteiger partial charge in [0.2, 0.25) is 11.8 Å². The second kappa shape index (κ2) is 10.5. The Hall–Kier alpha value is -2.80. The molecule has 0 aromatic heterocycles. The minimum Gasteiger partial charge on any atom is -0.381 e. The first kappa shape index (κ1) is 22.9. The van der Waals surface area contributed by atoms with Crippen LogP contribution in [0.15, 0.2) is 42.2 Å². The fraction of sp³-hybridized carbons (Fsp3) is 0.435. The Morgan fingerprint density at radius 3 is 2.65 bits per heavy atom. The van der Waals surface area contributed by atoms with E-state index in [2.05, 4.69) is 22.0 Å². The molecule has 2 fully saturated rings. The fourth-order valence-electron chi connectivity index (χ4n) is 3.86. The number of amides is 2. The van der Waals surface area contributed by atoms with Gasteiger partial charge in [-0.15, -0.1) is 0 Å². The number of halogens is 1. The number of aldehydes is 1. The monoisotopic (exact) mass is 444 g/mol. The van der Waals surface area contributed by atoms with Crippen molar-refractivity contribution >= 4 is 35.4 Å². The second-order valence-electron chi connectivity index (χ2n) is 7.78. The number of allylic oxidation sites excluding steroid dienone is 3. The number of hydrogen-bond acceptors (Lipinski definition) is 6. The van der Waals surface area contributed by atoms with Crippen LogP contribution in [0.4, 0.5) is 5.69 Å². The van der Waals surface area contributed by atoms with Crippen LogP contribution in [0.25, 0.3) is 0 Å². The summed E-state index contributed by atoms with van der Waals surface area (Å²) in [6, 6.07) is 5.71. The molecule has 1 aromatic rings. The molecule has 0 spiro atoms. The van der Waals surface area contributed by atoms with E-state index in [9.17, 15) is 14.4 Å². The van der Waals surface area contributed by atoms with Crippen molar-refractivity contribution in [2.45, 2.75) is 25.7 Å². The van der Waals surface area contributed by atoms with Crippen molar-refractivity contribution in [3.8, 4) is 0 Å². The van der Waals surface area contributed by atoms with Gasteiger partial charge in [-0.3, -0.25) is 19.7 Å². The van der Waals surface area contributed by atoms with Crippen molar-refractivity contribution in [2.24, 2.45) is 0 Å². The maximum Gasteiger partial charge on any atom is 0.234 e. The molecule has 1 unspecified atom stereocenters. The molecule has 1 atom stereocenters. The smallest absolute Gasteiger partial charge is 0.234 e. The minimum atomic E-state index is -0.413. The molecule has 0 radical (unpaired) electrons. The SMILES string of the molecule is CCN(C)/C=C\C=C(/C=O)N1CCN(c2cccc(C3CCC(=O)NC3=O)c2Cl)CC1. The molecule has 3 rings (SSSR count). The molecule has 2 aliphatic rings. The summed E-state index contributed by atoms with van der Waals surface area (Å²) in [6.07, 6.45) is 7.35. The number of nitrogens with zero attached hydrogens (tertiary/aromatic N) is 3. The van der Waals surface area contributed by atoms with Crippen LogP contribution in [0.3, 0.4) is 0 Å². The van der Waals surface area contributed by atoms with Gasteiger partial charge in [-0.2, -0.15) is 0 Å². The van der Waals surface area contributed by atoms with E-state index in [0.29, 0.717) is 49.7 Å². The highest BCUT2D eigenvalue weighted by Crippen LogP contribution is 2.37. The number of anilines is 1. The molecule has 2 aliphatic heterocycles. The summed E-state index contributed by atoms with van der Waals surface area (Å²) >= 11 is 6.71. The molecular formula is C23H29ClN4O3. The lowest BCUT2D eigenvalue weighted by atomic mass is 9.90. The Balaban J connectivity index is 1.69. The number of imide groups is 1. The Kier molecular flexibility index (Phi) is 7.74. The predicted octanol–water partition coefficient (Wildman–Crippen LogP) is 2.53. The fourth-order valence-corrected chi connectivity index (χ4v) is 4.24. The van der Waals surface area contributed by atoms with Gasteiger partial charge in [-0.1, -0.05) is 23.7 Å². The van der Waals surface area contributed by atoms with Gasteiger partial charge >= 0.3 is 0 Å². The molecule has 0 saturated carbocycles. The van der Waals surface area contributed by atoms with Crippen molar-refractivity contribution in [3.63, 3.8) is 0 Å². The van der Waals surface area contributed by atoms with Crippen LogP contribution in [-0.2, 0) is 14.4 Å². The van der Waals surface area contributed by atoms with Gasteiger partial charge in [0, 0.05) is 46.2 Å². The molecule has 2 amide bonds. The van der Waals surface area contributed by atoms with Crippen LogP contribution < -0.4 is 10.2 Å². The number of carbonyl (C=O) groups excluding carboxylic acids is 3. The first-order valence-electron chi connectivity index (χ1n) is 10.6. The zero-order chi connectivity index (χ0) is 22.4. The van der Waals surface area contributed by atoms with Gasteiger partial charge in [0.25, 0.3) is 0 Å². The third-order valence-electron chi connectivity index (χ3n) is 5.84. The molecule has 1 N–H and O–H groups in total. The normalized spacial score (nSPS) is 20.2. The molecule has 0 aliphatic carbocycles. The third kappa shape index (κ3) is 5.47. The Morgan fingerprint density at radius 2 is 2.00 bits per heavy atom. The van der Waals surface area contributed by atoms with E-state index in [1.165, 1.54) is 0 Å². The number of carbonyl (C=O) groups is 3.